The van der Waals surface area contributed by atoms with E-state index in [-0.39, 0.29) is 36.5 Å². The van der Waals surface area contributed by atoms with E-state index in [1.807, 2.05) is 23.1 Å². The van der Waals surface area contributed by atoms with Crippen molar-refractivity contribution >= 4 is 12.4 Å². The highest BCUT2D eigenvalue weighted by molar-refractivity contribution is 5.85. The molecule has 0 saturated carbocycles. The second kappa shape index (κ2) is 8.17. The molecule has 25 heavy (non-hydrogen) atoms. The molecule has 1 saturated heterocycles. The third-order valence-electron chi connectivity index (χ3n) is 4.62. The van der Waals surface area contributed by atoms with Crippen LogP contribution in [0.4, 0.5) is 13.2 Å². The Morgan fingerprint density at radius 1 is 1.08 bits per heavy atom. The largest absolute Gasteiger partial charge is 0.418 e. The number of halogens is 4. The van der Waals surface area contributed by atoms with Crippen molar-refractivity contribution in [2.45, 2.75) is 18.6 Å². The molecule has 1 aromatic carbocycles. The van der Waals surface area contributed by atoms with Crippen LogP contribution in [0.15, 0.2) is 48.7 Å². The van der Waals surface area contributed by atoms with Gasteiger partial charge in [-0.1, -0.05) is 30.3 Å². The number of benzene rings is 1. The summed E-state index contributed by atoms with van der Waals surface area (Å²) in [6, 6.07) is 12.4. The van der Waals surface area contributed by atoms with Crippen molar-refractivity contribution in [2.75, 3.05) is 19.6 Å². The lowest BCUT2D eigenvalue weighted by atomic mass is 9.89. The number of nitrogens with two attached hydrogens (primary N) is 1. The van der Waals surface area contributed by atoms with Crippen molar-refractivity contribution < 1.29 is 13.2 Å². The Labute approximate surface area is 151 Å². The summed E-state index contributed by atoms with van der Waals surface area (Å²) in [5.74, 6) is 0.486. The van der Waals surface area contributed by atoms with E-state index in [1.165, 1.54) is 17.8 Å². The Balaban J connectivity index is 0.00000225. The summed E-state index contributed by atoms with van der Waals surface area (Å²) in [4.78, 5) is 5.98. The number of hydrogen-bond acceptors (Lipinski definition) is 3. The van der Waals surface area contributed by atoms with E-state index in [1.54, 1.807) is 0 Å². The van der Waals surface area contributed by atoms with E-state index in [9.17, 15) is 13.2 Å². The normalized spacial score (nSPS) is 21.1. The van der Waals surface area contributed by atoms with Crippen LogP contribution in [0.3, 0.4) is 0 Å². The van der Waals surface area contributed by atoms with E-state index in [4.69, 9.17) is 5.73 Å². The smallest absolute Gasteiger partial charge is 0.330 e. The van der Waals surface area contributed by atoms with Gasteiger partial charge >= 0.3 is 6.18 Å². The second-order valence-corrected chi connectivity index (χ2v) is 6.20. The highest BCUT2D eigenvalue weighted by Crippen LogP contribution is 2.35. The van der Waals surface area contributed by atoms with Crippen molar-refractivity contribution in [1.82, 2.24) is 9.88 Å². The summed E-state index contributed by atoms with van der Waals surface area (Å²) >= 11 is 0. The van der Waals surface area contributed by atoms with Crippen LogP contribution in [0.1, 0.15) is 22.7 Å². The van der Waals surface area contributed by atoms with Gasteiger partial charge < -0.3 is 5.73 Å². The topological polar surface area (TPSA) is 42.1 Å². The summed E-state index contributed by atoms with van der Waals surface area (Å²) in [5, 5.41) is 0. The van der Waals surface area contributed by atoms with Crippen LogP contribution < -0.4 is 5.73 Å². The first kappa shape index (κ1) is 19.7. The van der Waals surface area contributed by atoms with Gasteiger partial charge in [-0.05, 0) is 30.2 Å². The van der Waals surface area contributed by atoms with E-state index in [0.29, 0.717) is 19.6 Å². The second-order valence-electron chi connectivity index (χ2n) is 6.20. The molecule has 1 fully saturated rings. The third kappa shape index (κ3) is 4.51. The zero-order chi connectivity index (χ0) is 17.2. The molecule has 2 aromatic rings. The molecule has 2 N–H and O–H groups in total. The molecule has 0 spiro atoms. The van der Waals surface area contributed by atoms with Gasteiger partial charge in [0.1, 0.15) is 0 Å². The predicted molar refractivity (Wildman–Crippen MR) is 93.5 cm³/mol. The molecule has 0 bridgehead atoms. The highest BCUT2D eigenvalue weighted by atomic mass is 35.5. The molecule has 1 aliphatic heterocycles. The quantitative estimate of drug-likeness (QED) is 0.891. The van der Waals surface area contributed by atoms with E-state index in [2.05, 4.69) is 17.1 Å². The van der Waals surface area contributed by atoms with Gasteiger partial charge in [-0.2, -0.15) is 13.2 Å². The molecule has 136 valence electrons. The monoisotopic (exact) mass is 371 g/mol. The van der Waals surface area contributed by atoms with Crippen molar-refractivity contribution in [3.05, 3.63) is 65.5 Å². The van der Waals surface area contributed by atoms with Gasteiger partial charge in [0, 0.05) is 31.7 Å². The Morgan fingerprint density at radius 2 is 1.80 bits per heavy atom. The Bertz CT molecular complexity index is 679. The summed E-state index contributed by atoms with van der Waals surface area (Å²) in [6.07, 6.45) is -2.97. The average Bonchev–Trinajstić information content (AvgIpc) is 2.98. The maximum atomic E-state index is 13.1. The maximum absolute atomic E-state index is 13.1. The lowest BCUT2D eigenvalue weighted by Gasteiger charge is -2.18. The molecular weight excluding hydrogens is 351 g/mol. The molecule has 3 rings (SSSR count). The van der Waals surface area contributed by atoms with Crippen LogP contribution in [0.2, 0.25) is 0 Å². The molecule has 2 heterocycles. The number of likely N-dealkylation sites (tertiary alicyclic amines) is 1. The van der Waals surface area contributed by atoms with Gasteiger partial charge in [0.05, 0.1) is 11.3 Å². The van der Waals surface area contributed by atoms with Crippen LogP contribution in [0.25, 0.3) is 0 Å². The zero-order valence-electron chi connectivity index (χ0n) is 13.6. The minimum atomic E-state index is -4.38. The van der Waals surface area contributed by atoms with Gasteiger partial charge in [-0.3, -0.25) is 9.88 Å². The number of aromatic nitrogens is 1. The van der Waals surface area contributed by atoms with Crippen molar-refractivity contribution in [3.8, 4) is 0 Å². The van der Waals surface area contributed by atoms with Gasteiger partial charge in [0.2, 0.25) is 0 Å². The lowest BCUT2D eigenvalue weighted by Crippen LogP contribution is -2.25. The van der Waals surface area contributed by atoms with Crippen molar-refractivity contribution in [2.24, 2.45) is 11.7 Å². The molecule has 0 aliphatic carbocycles. The summed E-state index contributed by atoms with van der Waals surface area (Å²) in [7, 11) is 0. The molecule has 3 nitrogen and oxygen atoms in total. The number of pyridine rings is 1. The van der Waals surface area contributed by atoms with Crippen LogP contribution in [-0.4, -0.2) is 29.5 Å². The molecule has 7 heteroatoms. The predicted octanol–water partition coefficient (Wildman–Crippen LogP) is 3.70. The average molecular weight is 372 g/mol. The van der Waals surface area contributed by atoms with Crippen molar-refractivity contribution in [1.29, 1.82) is 0 Å². The first-order valence-corrected chi connectivity index (χ1v) is 7.97. The van der Waals surface area contributed by atoms with Gasteiger partial charge in [0.15, 0.2) is 0 Å². The van der Waals surface area contributed by atoms with Crippen LogP contribution >= 0.6 is 12.4 Å². The molecule has 0 unspecified atom stereocenters. The Hall–Kier alpha value is -1.63. The molecule has 2 atom stereocenters. The molecular formula is C18H21ClF3N3. The van der Waals surface area contributed by atoms with Gasteiger partial charge in [-0.15, -0.1) is 12.4 Å². The van der Waals surface area contributed by atoms with E-state index < -0.39 is 11.7 Å². The highest BCUT2D eigenvalue weighted by Gasteiger charge is 2.37. The van der Waals surface area contributed by atoms with E-state index in [0.717, 1.165) is 6.07 Å². The Kier molecular flexibility index (Phi) is 6.43. The van der Waals surface area contributed by atoms with Gasteiger partial charge in [0.25, 0.3) is 0 Å². The minimum absolute atomic E-state index is 0. The number of rotatable bonds is 4. The fraction of sp³-hybridized carbons (Fsp3) is 0.389. The lowest BCUT2D eigenvalue weighted by molar-refractivity contribution is -0.138. The molecule has 1 aliphatic rings. The van der Waals surface area contributed by atoms with Crippen LogP contribution in [0.5, 0.6) is 0 Å². The van der Waals surface area contributed by atoms with Gasteiger partial charge in [-0.25, -0.2) is 0 Å². The molecule has 0 amide bonds. The number of alkyl halides is 3. The molecule has 0 radical (unpaired) electrons. The first-order chi connectivity index (χ1) is 11.5. The number of nitrogens with zero attached hydrogens (tertiary/aromatic N) is 2. The third-order valence-corrected chi connectivity index (χ3v) is 4.62. The van der Waals surface area contributed by atoms with Crippen LogP contribution in [-0.2, 0) is 12.7 Å². The standard InChI is InChI=1S/C18H20F3N3.ClH/c19-18(20,21)16-7-4-8-23-17(16)12-24-10-14(9-22)15(11-24)13-5-2-1-3-6-13;/h1-8,14-15H,9-12,22H2;1H/t14-,15+;/m1./s1. The van der Waals surface area contributed by atoms with E-state index >= 15 is 0 Å². The van der Waals surface area contributed by atoms with Crippen molar-refractivity contribution in [3.63, 3.8) is 0 Å². The van der Waals surface area contributed by atoms with Crippen LogP contribution in [0, 0.1) is 5.92 Å². The zero-order valence-corrected chi connectivity index (χ0v) is 14.4. The minimum Gasteiger partial charge on any atom is -0.330 e. The molecule has 1 aromatic heterocycles. The maximum Gasteiger partial charge on any atom is 0.418 e. The summed E-state index contributed by atoms with van der Waals surface area (Å²) in [5.41, 5.74) is 6.50. The first-order valence-electron chi connectivity index (χ1n) is 7.97. The fourth-order valence-corrected chi connectivity index (χ4v) is 3.44. The number of hydrogen-bond donors (Lipinski definition) is 1. The summed E-state index contributed by atoms with van der Waals surface area (Å²) < 4.78 is 39.4. The fourth-order valence-electron chi connectivity index (χ4n) is 3.44. The SMILES string of the molecule is Cl.NC[C@@H]1CN(Cc2ncccc2C(F)(F)F)C[C@H]1c1ccccc1. The Morgan fingerprint density at radius 3 is 2.44 bits per heavy atom. The summed E-state index contributed by atoms with van der Waals surface area (Å²) in [6.45, 7) is 2.09.